The van der Waals surface area contributed by atoms with Crippen molar-refractivity contribution in [2.75, 3.05) is 6.61 Å². The van der Waals surface area contributed by atoms with Gasteiger partial charge in [-0.05, 0) is 0 Å². The summed E-state index contributed by atoms with van der Waals surface area (Å²) in [6, 6.07) is 18.9. The molecule has 0 spiro atoms. The van der Waals surface area contributed by atoms with Crippen LogP contribution in [-0.2, 0) is 18.9 Å². The highest BCUT2D eigenvalue weighted by atomic mass is 16.8. The zero-order valence-corrected chi connectivity index (χ0v) is 13.5. The second kappa shape index (κ2) is 7.21. The van der Waals surface area contributed by atoms with Crippen molar-refractivity contribution in [3.63, 3.8) is 0 Å². The molecule has 132 valence electrons. The molecule has 0 saturated carbocycles. The minimum Gasteiger partial charge on any atom is -0.366 e. The molecule has 4 rings (SSSR count). The summed E-state index contributed by atoms with van der Waals surface area (Å²) in [5.74, 6) is 0. The average molecular weight is 344 g/mol. The van der Waals surface area contributed by atoms with E-state index in [-0.39, 0.29) is 6.61 Å². The largest absolute Gasteiger partial charge is 0.366 e. The third-order valence-corrected chi connectivity index (χ3v) is 4.40. The van der Waals surface area contributed by atoms with E-state index >= 15 is 0 Å². The molecule has 25 heavy (non-hydrogen) atoms. The minimum atomic E-state index is -1.68. The highest BCUT2D eigenvalue weighted by molar-refractivity contribution is 5.18. The molecule has 0 aliphatic carbocycles. The molecule has 0 amide bonds. The van der Waals surface area contributed by atoms with Gasteiger partial charge in [0, 0.05) is 11.1 Å². The van der Waals surface area contributed by atoms with Crippen molar-refractivity contribution in [2.45, 2.75) is 37.2 Å². The lowest BCUT2D eigenvalue weighted by atomic mass is 10.0. The van der Waals surface area contributed by atoms with E-state index in [1.807, 2.05) is 60.7 Å². The summed E-state index contributed by atoms with van der Waals surface area (Å²) < 4.78 is 23.5. The summed E-state index contributed by atoms with van der Waals surface area (Å²) in [4.78, 5) is 0. The van der Waals surface area contributed by atoms with E-state index in [1.54, 1.807) is 0 Å². The van der Waals surface area contributed by atoms with Gasteiger partial charge in [0.05, 0.1) is 6.61 Å². The third kappa shape index (κ3) is 3.46. The normalized spacial score (nSPS) is 32.4. The van der Waals surface area contributed by atoms with Crippen molar-refractivity contribution >= 4 is 0 Å². The predicted molar refractivity (Wildman–Crippen MR) is 87.2 cm³/mol. The van der Waals surface area contributed by atoms with E-state index in [4.69, 9.17) is 18.9 Å². The Morgan fingerprint density at radius 2 is 1.36 bits per heavy atom. The SMILES string of the molecule is OC(O)C1OC(c2ccccc2)OC2COC(c3ccccc3)OC21. The van der Waals surface area contributed by atoms with Crippen molar-refractivity contribution in [2.24, 2.45) is 0 Å². The molecule has 2 heterocycles. The summed E-state index contributed by atoms with van der Waals surface area (Å²) in [6.45, 7) is 0.278. The standard InChI is InChI=1S/C19H20O6/c20-17(21)16-15-14(23-19(25-16)13-9-5-2-6-10-13)11-22-18(24-15)12-7-3-1-4-8-12/h1-10,14-21H,11H2. The van der Waals surface area contributed by atoms with Crippen molar-refractivity contribution < 1.29 is 29.2 Å². The fourth-order valence-corrected chi connectivity index (χ4v) is 3.16. The molecule has 5 atom stereocenters. The molecule has 2 aromatic rings. The first-order chi connectivity index (χ1) is 12.2. The van der Waals surface area contributed by atoms with E-state index in [2.05, 4.69) is 0 Å². The Hall–Kier alpha value is -1.80. The van der Waals surface area contributed by atoms with Gasteiger partial charge in [0.2, 0.25) is 0 Å². The molecule has 2 aromatic carbocycles. The lowest BCUT2D eigenvalue weighted by Crippen LogP contribution is -2.57. The first kappa shape index (κ1) is 16.7. The lowest BCUT2D eigenvalue weighted by molar-refractivity contribution is -0.384. The zero-order valence-electron chi connectivity index (χ0n) is 13.5. The van der Waals surface area contributed by atoms with Crippen LogP contribution in [0.3, 0.4) is 0 Å². The number of benzene rings is 2. The molecular formula is C19H20O6. The topological polar surface area (TPSA) is 77.4 Å². The van der Waals surface area contributed by atoms with E-state index in [0.29, 0.717) is 0 Å². The van der Waals surface area contributed by atoms with Gasteiger partial charge in [-0.2, -0.15) is 0 Å². The van der Waals surface area contributed by atoms with E-state index in [1.165, 1.54) is 0 Å². The number of hydrogen-bond donors (Lipinski definition) is 2. The van der Waals surface area contributed by atoms with Gasteiger partial charge in [-0.3, -0.25) is 0 Å². The van der Waals surface area contributed by atoms with E-state index in [9.17, 15) is 10.2 Å². The maximum Gasteiger partial charge on any atom is 0.185 e. The van der Waals surface area contributed by atoms with Crippen LogP contribution in [0.25, 0.3) is 0 Å². The first-order valence-electron chi connectivity index (χ1n) is 8.26. The molecule has 2 fully saturated rings. The maximum atomic E-state index is 9.79. The van der Waals surface area contributed by atoms with E-state index in [0.717, 1.165) is 11.1 Å². The predicted octanol–water partition coefficient (Wildman–Crippen LogP) is 1.89. The Balaban J connectivity index is 1.54. The van der Waals surface area contributed by atoms with Crippen LogP contribution >= 0.6 is 0 Å². The first-order valence-corrected chi connectivity index (χ1v) is 8.26. The highest BCUT2D eigenvalue weighted by Gasteiger charge is 2.48. The molecule has 0 aromatic heterocycles. The van der Waals surface area contributed by atoms with Gasteiger partial charge < -0.3 is 29.2 Å². The fraction of sp³-hybridized carbons (Fsp3) is 0.368. The summed E-state index contributed by atoms with van der Waals surface area (Å²) in [5.41, 5.74) is 1.66. The van der Waals surface area contributed by atoms with Crippen molar-refractivity contribution in [3.8, 4) is 0 Å². The van der Waals surface area contributed by atoms with Gasteiger partial charge >= 0.3 is 0 Å². The highest BCUT2D eigenvalue weighted by Crippen LogP contribution is 2.38. The second-order valence-electron chi connectivity index (χ2n) is 6.11. The van der Waals surface area contributed by atoms with Crippen LogP contribution in [0.5, 0.6) is 0 Å². The fourth-order valence-electron chi connectivity index (χ4n) is 3.16. The number of ether oxygens (including phenoxy) is 4. The van der Waals surface area contributed by atoms with E-state index < -0.39 is 37.2 Å². The number of hydrogen-bond acceptors (Lipinski definition) is 6. The Morgan fingerprint density at radius 1 is 0.760 bits per heavy atom. The van der Waals surface area contributed by atoms with Gasteiger partial charge in [-0.15, -0.1) is 0 Å². The van der Waals surface area contributed by atoms with Crippen molar-refractivity contribution in [1.82, 2.24) is 0 Å². The Kier molecular flexibility index (Phi) is 4.80. The average Bonchev–Trinajstić information content (AvgIpc) is 2.68. The van der Waals surface area contributed by atoms with Crippen molar-refractivity contribution in [1.29, 1.82) is 0 Å². The number of aliphatic hydroxyl groups excluding tert-OH is 1. The quantitative estimate of drug-likeness (QED) is 0.828. The molecule has 5 unspecified atom stereocenters. The van der Waals surface area contributed by atoms with Crippen LogP contribution in [0.15, 0.2) is 60.7 Å². The van der Waals surface area contributed by atoms with Gasteiger partial charge in [0.1, 0.15) is 18.3 Å². The van der Waals surface area contributed by atoms with Crippen LogP contribution < -0.4 is 0 Å². The molecule has 2 aliphatic heterocycles. The van der Waals surface area contributed by atoms with Crippen LogP contribution in [0.4, 0.5) is 0 Å². The molecule has 0 radical (unpaired) electrons. The zero-order chi connectivity index (χ0) is 17.2. The van der Waals surface area contributed by atoms with Crippen LogP contribution in [0.1, 0.15) is 23.7 Å². The van der Waals surface area contributed by atoms with Crippen LogP contribution in [0.2, 0.25) is 0 Å². The second-order valence-corrected chi connectivity index (χ2v) is 6.11. The third-order valence-electron chi connectivity index (χ3n) is 4.40. The summed E-state index contributed by atoms with van der Waals surface area (Å²) in [5, 5.41) is 19.6. The monoisotopic (exact) mass is 344 g/mol. The van der Waals surface area contributed by atoms with Gasteiger partial charge in [-0.25, -0.2) is 0 Å². The van der Waals surface area contributed by atoms with Gasteiger partial charge in [0.15, 0.2) is 18.9 Å². The molecular weight excluding hydrogens is 324 g/mol. The molecule has 2 aliphatic rings. The number of fused-ring (bicyclic) bond motifs is 1. The smallest absolute Gasteiger partial charge is 0.185 e. The summed E-state index contributed by atoms with van der Waals surface area (Å²) in [7, 11) is 0. The minimum absolute atomic E-state index is 0.278. The molecule has 6 nitrogen and oxygen atoms in total. The summed E-state index contributed by atoms with van der Waals surface area (Å²) >= 11 is 0. The van der Waals surface area contributed by atoms with Gasteiger partial charge in [-0.1, -0.05) is 60.7 Å². The van der Waals surface area contributed by atoms with Crippen molar-refractivity contribution in [3.05, 3.63) is 71.8 Å². The molecule has 0 bridgehead atoms. The van der Waals surface area contributed by atoms with Gasteiger partial charge in [0.25, 0.3) is 0 Å². The number of rotatable bonds is 3. The molecule has 2 N–H and O–H groups in total. The Bertz CT molecular complexity index is 677. The molecule has 6 heteroatoms. The van der Waals surface area contributed by atoms with Crippen LogP contribution in [-0.4, -0.2) is 41.4 Å². The Morgan fingerprint density at radius 3 is 1.96 bits per heavy atom. The Labute approximate surface area is 145 Å². The lowest BCUT2D eigenvalue weighted by Gasteiger charge is -2.46. The molecule has 2 saturated heterocycles. The maximum absolute atomic E-state index is 9.79. The van der Waals surface area contributed by atoms with Crippen LogP contribution in [0, 0.1) is 0 Å². The number of aliphatic hydroxyl groups is 2. The summed E-state index contributed by atoms with van der Waals surface area (Å²) in [6.07, 6.45) is -5.00.